The number of aliphatic carboxylic acids is 1. The van der Waals surface area contributed by atoms with Gasteiger partial charge in [-0.1, -0.05) is 6.07 Å². The number of carbonyl (C=O) groups excluding carboxylic acids is 1. The molecule has 0 aliphatic rings. The minimum atomic E-state index is -2.01. The number of anilines is 1. The molecule has 0 saturated carbocycles. The van der Waals surface area contributed by atoms with Crippen molar-refractivity contribution in [2.45, 2.75) is 17.4 Å². The van der Waals surface area contributed by atoms with E-state index in [4.69, 9.17) is 0 Å². The molecule has 2 atom stereocenters. The molecule has 6 aromatic rings. The fourth-order valence-corrected chi connectivity index (χ4v) is 5.73. The van der Waals surface area contributed by atoms with Crippen molar-refractivity contribution in [3.63, 3.8) is 0 Å². The predicted octanol–water partition coefficient (Wildman–Crippen LogP) is 1.90. The topological polar surface area (TPSA) is 202 Å². The number of carboxylic acids is 1. The van der Waals surface area contributed by atoms with Gasteiger partial charge in [0.25, 0.3) is 11.5 Å². The molecule has 49 heavy (non-hydrogen) atoms. The van der Waals surface area contributed by atoms with E-state index in [-0.39, 0.29) is 28.1 Å². The summed E-state index contributed by atoms with van der Waals surface area (Å²) in [7, 11) is 1.47. The second-order valence-corrected chi connectivity index (χ2v) is 11.7. The zero-order chi connectivity index (χ0) is 34.8. The van der Waals surface area contributed by atoms with Gasteiger partial charge in [-0.25, -0.2) is 32.6 Å². The summed E-state index contributed by atoms with van der Waals surface area (Å²) in [6.07, 6.45) is 6.62. The highest BCUT2D eigenvalue weighted by Gasteiger charge is 2.25. The first-order chi connectivity index (χ1) is 23.5. The van der Waals surface area contributed by atoms with Gasteiger partial charge in [0, 0.05) is 37.6 Å². The predicted molar refractivity (Wildman–Crippen MR) is 171 cm³/mol. The van der Waals surface area contributed by atoms with Gasteiger partial charge >= 0.3 is 11.7 Å². The fraction of sp³-hybridized carbons (Fsp3) is 0.0968. The van der Waals surface area contributed by atoms with Crippen molar-refractivity contribution in [2.75, 3.05) is 4.72 Å². The molecular formula is C31H23F2N9O6S. The van der Waals surface area contributed by atoms with E-state index < -0.39 is 63.4 Å². The Balaban J connectivity index is 1.15. The smallest absolute Gasteiger partial charge is 0.337 e. The summed E-state index contributed by atoms with van der Waals surface area (Å²) >= 11 is -2.01. The first kappa shape index (κ1) is 32.7. The van der Waals surface area contributed by atoms with Crippen LogP contribution in [0.3, 0.4) is 0 Å². The van der Waals surface area contributed by atoms with Gasteiger partial charge in [-0.05, 0) is 48.0 Å². The lowest BCUT2D eigenvalue weighted by Crippen LogP contribution is -2.42. The van der Waals surface area contributed by atoms with Crippen molar-refractivity contribution in [2.24, 2.45) is 7.05 Å². The van der Waals surface area contributed by atoms with Crippen LogP contribution in [0.4, 0.5) is 14.5 Å². The highest BCUT2D eigenvalue weighted by molar-refractivity contribution is 7.92. The zero-order valence-corrected chi connectivity index (χ0v) is 26.0. The van der Waals surface area contributed by atoms with E-state index in [0.29, 0.717) is 23.3 Å². The van der Waals surface area contributed by atoms with Crippen molar-refractivity contribution in [1.82, 2.24) is 39.2 Å². The van der Waals surface area contributed by atoms with E-state index in [1.165, 1.54) is 73.2 Å². The number of nitrogens with one attached hydrogen (secondary N) is 2. The third kappa shape index (κ3) is 6.62. The van der Waals surface area contributed by atoms with Crippen LogP contribution in [0.2, 0.25) is 0 Å². The minimum absolute atomic E-state index is 0.0276. The van der Waals surface area contributed by atoms with Gasteiger partial charge in [0.05, 0.1) is 22.7 Å². The number of carbonyl (C=O) groups is 2. The molecule has 0 saturated heterocycles. The number of pyridine rings is 2. The Hall–Kier alpha value is -6.27. The highest BCUT2D eigenvalue weighted by Crippen LogP contribution is 2.24. The average Bonchev–Trinajstić information content (AvgIpc) is 3.64. The van der Waals surface area contributed by atoms with Gasteiger partial charge in [0.1, 0.15) is 47.4 Å². The molecule has 18 heteroatoms. The molecule has 1 unspecified atom stereocenters. The largest absolute Gasteiger partial charge is 0.588 e. The third-order valence-electron chi connectivity index (χ3n) is 7.43. The molecule has 4 aromatic heterocycles. The van der Waals surface area contributed by atoms with Gasteiger partial charge < -0.3 is 15.0 Å². The Morgan fingerprint density at radius 1 is 1.00 bits per heavy atom. The number of benzene rings is 2. The molecule has 15 nitrogen and oxygen atoms in total. The van der Waals surface area contributed by atoms with Crippen molar-refractivity contribution in [3.05, 3.63) is 129 Å². The summed E-state index contributed by atoms with van der Waals surface area (Å²) in [4.78, 5) is 59.2. The van der Waals surface area contributed by atoms with Crippen molar-refractivity contribution < 1.29 is 28.0 Å². The van der Waals surface area contributed by atoms with E-state index in [1.54, 1.807) is 16.7 Å². The summed E-state index contributed by atoms with van der Waals surface area (Å²) in [5.41, 5.74) is -1.29. The van der Waals surface area contributed by atoms with Crippen molar-refractivity contribution >= 4 is 39.8 Å². The van der Waals surface area contributed by atoms with Crippen LogP contribution in [0.5, 0.6) is 0 Å². The molecule has 248 valence electrons. The molecule has 0 bridgehead atoms. The van der Waals surface area contributed by atoms with Crippen LogP contribution in [0.25, 0.3) is 22.4 Å². The van der Waals surface area contributed by atoms with Gasteiger partial charge in [-0.3, -0.25) is 23.7 Å². The zero-order valence-electron chi connectivity index (χ0n) is 25.2. The molecule has 0 fully saturated rings. The van der Waals surface area contributed by atoms with Crippen LogP contribution >= 0.6 is 0 Å². The lowest BCUT2D eigenvalue weighted by molar-refractivity contribution is -0.139. The van der Waals surface area contributed by atoms with Crippen LogP contribution in [0.1, 0.15) is 15.9 Å². The first-order valence-corrected chi connectivity index (χ1v) is 15.3. The molecule has 0 spiro atoms. The van der Waals surface area contributed by atoms with E-state index >= 15 is 4.39 Å². The molecule has 3 N–H and O–H groups in total. The molecule has 0 aliphatic carbocycles. The van der Waals surface area contributed by atoms with Crippen molar-refractivity contribution in [3.8, 4) is 11.5 Å². The molecule has 1 amide bonds. The van der Waals surface area contributed by atoms with E-state index in [2.05, 4.69) is 30.2 Å². The molecule has 4 heterocycles. The number of hydrogen-bond donors (Lipinski definition) is 3. The molecule has 2 aromatic carbocycles. The summed E-state index contributed by atoms with van der Waals surface area (Å²) in [6, 6.07) is 10.1. The van der Waals surface area contributed by atoms with Crippen LogP contribution < -0.4 is 21.3 Å². The standard InChI is InChI=1S/C31H23F2N9O6S/c1-40-26-14-34-9-8-20(26)29(44)42(31(40)47)27-7-2-17(13-35-27)10-25(30(45)46)38-28(43)21-11-23(33)24(12-22(21)32)39-49(48)19-5-3-18(4-6-19)41-15-36-37-16-41/h2-9,11-16,25,39H,10H2,1H3,(H,38,43)(H,45,46)/t25-,49?/m0/s1. The number of aromatic nitrogens is 7. The van der Waals surface area contributed by atoms with Crippen LogP contribution in [-0.2, 0) is 29.6 Å². The molecular weight excluding hydrogens is 664 g/mol. The van der Waals surface area contributed by atoms with Gasteiger partial charge in [-0.2, -0.15) is 0 Å². The Morgan fingerprint density at radius 3 is 2.41 bits per heavy atom. The number of hydrogen-bond acceptors (Lipinski definition) is 10. The normalized spacial score (nSPS) is 12.4. The maximum atomic E-state index is 15.0. The van der Waals surface area contributed by atoms with Crippen LogP contribution in [-0.4, -0.2) is 61.4 Å². The first-order valence-electron chi connectivity index (χ1n) is 14.2. The highest BCUT2D eigenvalue weighted by atomic mass is 32.2. The number of aryl methyl sites for hydroxylation is 1. The number of fused-ring (bicyclic) bond motifs is 1. The van der Waals surface area contributed by atoms with Crippen LogP contribution in [0.15, 0.2) is 100 Å². The summed E-state index contributed by atoms with van der Waals surface area (Å²) in [5.74, 6) is -5.03. The van der Waals surface area contributed by atoms with Gasteiger partial charge in [0.15, 0.2) is 10.7 Å². The summed E-state index contributed by atoms with van der Waals surface area (Å²) in [6.45, 7) is 0. The van der Waals surface area contributed by atoms with E-state index in [0.717, 1.165) is 4.57 Å². The quantitative estimate of drug-likeness (QED) is 0.178. The van der Waals surface area contributed by atoms with E-state index in [1.807, 2.05) is 0 Å². The lowest BCUT2D eigenvalue weighted by Gasteiger charge is -2.16. The maximum absolute atomic E-state index is 15.0. The summed E-state index contributed by atoms with van der Waals surface area (Å²) < 4.78 is 48.8. The number of carboxylic acid groups (broad SMARTS) is 1. The Bertz CT molecular complexity index is 2320. The van der Waals surface area contributed by atoms with Gasteiger partial charge in [0.2, 0.25) is 0 Å². The van der Waals surface area contributed by atoms with Crippen molar-refractivity contribution in [1.29, 1.82) is 0 Å². The number of rotatable bonds is 10. The number of nitrogens with zero attached hydrogens (tertiary/aromatic N) is 7. The maximum Gasteiger partial charge on any atom is 0.337 e. The molecule has 6 rings (SSSR count). The monoisotopic (exact) mass is 687 g/mol. The van der Waals surface area contributed by atoms with E-state index in [9.17, 15) is 33.2 Å². The van der Waals surface area contributed by atoms with Gasteiger partial charge in [-0.15, -0.1) is 10.2 Å². The average molecular weight is 688 g/mol. The third-order valence-corrected chi connectivity index (χ3v) is 8.53. The minimum Gasteiger partial charge on any atom is -0.588 e. The number of amides is 1. The Morgan fingerprint density at radius 2 is 1.73 bits per heavy atom. The second kappa shape index (κ2) is 13.5. The number of halogens is 2. The second-order valence-electron chi connectivity index (χ2n) is 10.5. The molecule has 0 aliphatic heterocycles. The SMILES string of the molecule is Cn1c(=O)n(-c2ccc(C[C@H](NC(=O)c3cc(F)c(N[S+]([O-])c4ccc(-n5cnnc5)cc4)cc3F)C(=O)O)cn2)c(=O)c2ccncc21. The fourth-order valence-electron chi connectivity index (χ4n) is 4.87. The summed E-state index contributed by atoms with van der Waals surface area (Å²) in [5, 5.41) is 19.6. The van der Waals surface area contributed by atoms with Crippen LogP contribution in [0, 0.1) is 11.6 Å². The molecule has 0 radical (unpaired) electrons. The lowest BCUT2D eigenvalue weighted by atomic mass is 10.1. The Labute approximate surface area is 276 Å². The Kier molecular flexibility index (Phi) is 8.97.